The quantitative estimate of drug-likeness (QED) is 0.827. The molecule has 96 valence electrons. The first kappa shape index (κ1) is 12.0. The van der Waals surface area contributed by atoms with Crippen LogP contribution in [0.3, 0.4) is 0 Å². The Morgan fingerprint density at radius 1 is 1.21 bits per heavy atom. The average molecular weight is 274 g/mol. The van der Waals surface area contributed by atoms with Gasteiger partial charge >= 0.3 is 0 Å². The molecule has 0 atom stereocenters. The molecule has 0 radical (unpaired) electrons. The Morgan fingerprint density at radius 2 is 2.05 bits per heavy atom. The van der Waals surface area contributed by atoms with E-state index in [0.29, 0.717) is 12.5 Å². The predicted octanol–water partition coefficient (Wildman–Crippen LogP) is 2.80. The molecule has 4 nitrogen and oxygen atoms in total. The minimum atomic E-state index is -0.262. The van der Waals surface area contributed by atoms with Gasteiger partial charge in [0.05, 0.1) is 10.6 Å². The highest BCUT2D eigenvalue weighted by molar-refractivity contribution is 7.98. The van der Waals surface area contributed by atoms with Gasteiger partial charge < -0.3 is 10.6 Å². The van der Waals surface area contributed by atoms with Crippen molar-refractivity contribution in [3.63, 3.8) is 0 Å². The number of hydrogen-bond donors (Lipinski definition) is 2. The minimum absolute atomic E-state index is 0.262. The van der Waals surface area contributed by atoms with Crippen molar-refractivity contribution >= 4 is 23.6 Å². The van der Waals surface area contributed by atoms with Gasteiger partial charge in [-0.3, -0.25) is 4.98 Å². The van der Waals surface area contributed by atoms with Crippen LogP contribution in [0.2, 0.25) is 0 Å². The third kappa shape index (κ3) is 2.85. The monoisotopic (exact) mass is 274 g/mol. The molecule has 6 heteroatoms. The Balaban J connectivity index is 1.66. The van der Waals surface area contributed by atoms with Crippen LogP contribution in [0.1, 0.15) is 5.56 Å². The molecule has 0 fully saturated rings. The largest absolute Gasteiger partial charge is 0.351 e. The molecule has 2 N–H and O–H groups in total. The van der Waals surface area contributed by atoms with Gasteiger partial charge in [-0.15, -0.1) is 0 Å². The van der Waals surface area contributed by atoms with E-state index in [2.05, 4.69) is 20.0 Å². The zero-order valence-corrected chi connectivity index (χ0v) is 10.7. The van der Waals surface area contributed by atoms with E-state index in [1.807, 2.05) is 12.1 Å². The lowest BCUT2D eigenvalue weighted by atomic mass is 10.3. The summed E-state index contributed by atoms with van der Waals surface area (Å²) in [6.45, 7) is 0.638. The summed E-state index contributed by atoms with van der Waals surface area (Å²) < 4.78 is 17.4. The zero-order valence-electron chi connectivity index (χ0n) is 9.93. The minimum Gasteiger partial charge on any atom is -0.351 e. The second-order valence-corrected chi connectivity index (χ2v) is 4.81. The van der Waals surface area contributed by atoms with E-state index in [0.717, 1.165) is 16.1 Å². The van der Waals surface area contributed by atoms with Gasteiger partial charge in [0.1, 0.15) is 5.82 Å². The number of nitrogens with zero attached hydrogens (tertiary/aromatic N) is 2. The van der Waals surface area contributed by atoms with Crippen LogP contribution in [0, 0.1) is 5.82 Å². The third-order valence-corrected chi connectivity index (χ3v) is 3.47. The highest BCUT2D eigenvalue weighted by Gasteiger charge is 2.12. The van der Waals surface area contributed by atoms with E-state index in [9.17, 15) is 4.39 Å². The first-order valence-electron chi connectivity index (χ1n) is 5.75. The summed E-state index contributed by atoms with van der Waals surface area (Å²) >= 11 is 1.32. The summed E-state index contributed by atoms with van der Waals surface area (Å²) in [6, 6.07) is 8.46. The summed E-state index contributed by atoms with van der Waals surface area (Å²) in [5, 5.41) is 6.24. The Bertz CT molecular complexity index is 615. The van der Waals surface area contributed by atoms with Crippen molar-refractivity contribution in [2.24, 2.45) is 4.40 Å². The molecule has 0 unspecified atom stereocenters. The van der Waals surface area contributed by atoms with Gasteiger partial charge in [-0.05, 0) is 35.9 Å². The summed E-state index contributed by atoms with van der Waals surface area (Å²) in [4.78, 5) is 4.87. The maximum absolute atomic E-state index is 13.2. The molecule has 0 amide bonds. The van der Waals surface area contributed by atoms with Gasteiger partial charge in [0.15, 0.2) is 0 Å². The van der Waals surface area contributed by atoms with Crippen molar-refractivity contribution < 1.29 is 4.39 Å². The molecule has 19 heavy (non-hydrogen) atoms. The lowest BCUT2D eigenvalue weighted by molar-refractivity contribution is 0.627. The Hall–Kier alpha value is -2.08. The van der Waals surface area contributed by atoms with Crippen LogP contribution in [-0.2, 0) is 6.54 Å². The zero-order chi connectivity index (χ0) is 13.1. The number of aromatic nitrogens is 1. The molecular formula is C13H11FN4S. The number of fused-ring (bicyclic) bond motifs is 1. The number of nitrogens with one attached hydrogen (secondary N) is 2. The topological polar surface area (TPSA) is 49.3 Å². The lowest BCUT2D eigenvalue weighted by Crippen LogP contribution is -2.31. The molecule has 2 heterocycles. The number of benzene rings is 1. The molecule has 3 rings (SSSR count). The Morgan fingerprint density at radius 3 is 2.89 bits per heavy atom. The van der Waals surface area contributed by atoms with Crippen LogP contribution in [-0.4, -0.2) is 10.9 Å². The molecule has 0 bridgehead atoms. The van der Waals surface area contributed by atoms with E-state index < -0.39 is 0 Å². The fraction of sp³-hybridized carbons (Fsp3) is 0.0769. The number of hydrogen-bond acceptors (Lipinski definition) is 5. The van der Waals surface area contributed by atoms with Crippen molar-refractivity contribution in [1.82, 2.24) is 10.3 Å². The summed E-state index contributed by atoms with van der Waals surface area (Å²) in [6.07, 6.45) is 3.49. The average Bonchev–Trinajstić information content (AvgIpc) is 2.46. The number of rotatable bonds is 2. The molecule has 1 aliphatic rings. The van der Waals surface area contributed by atoms with Crippen molar-refractivity contribution in [1.29, 1.82) is 0 Å². The second kappa shape index (κ2) is 5.27. The van der Waals surface area contributed by atoms with Gasteiger partial charge in [0, 0.05) is 30.9 Å². The SMILES string of the molecule is Fc1ccc2c(c1)NC(NCc1ccncc1)=NS2. The van der Waals surface area contributed by atoms with Gasteiger partial charge in [-0.1, -0.05) is 0 Å². The molecule has 0 spiro atoms. The van der Waals surface area contributed by atoms with E-state index in [4.69, 9.17) is 0 Å². The molecule has 0 aliphatic carbocycles. The molecule has 1 aliphatic heterocycles. The van der Waals surface area contributed by atoms with Crippen LogP contribution >= 0.6 is 11.9 Å². The van der Waals surface area contributed by atoms with Crippen molar-refractivity contribution in [3.8, 4) is 0 Å². The van der Waals surface area contributed by atoms with Crippen LogP contribution < -0.4 is 10.6 Å². The highest BCUT2D eigenvalue weighted by Crippen LogP contribution is 2.31. The summed E-state index contributed by atoms with van der Waals surface area (Å²) in [7, 11) is 0. The molecule has 0 saturated heterocycles. The van der Waals surface area contributed by atoms with Crippen LogP contribution in [0.5, 0.6) is 0 Å². The maximum atomic E-state index is 13.2. The number of guanidine groups is 1. The number of halogens is 1. The summed E-state index contributed by atoms with van der Waals surface area (Å²) in [5.41, 5.74) is 1.84. The Labute approximate surface area is 114 Å². The van der Waals surface area contributed by atoms with E-state index in [-0.39, 0.29) is 5.82 Å². The lowest BCUT2D eigenvalue weighted by Gasteiger charge is -2.18. The fourth-order valence-electron chi connectivity index (χ4n) is 1.69. The van der Waals surface area contributed by atoms with Crippen LogP contribution in [0.15, 0.2) is 52.0 Å². The molecular weight excluding hydrogens is 263 g/mol. The van der Waals surface area contributed by atoms with E-state index in [1.54, 1.807) is 18.5 Å². The van der Waals surface area contributed by atoms with Gasteiger partial charge in [0.25, 0.3) is 0 Å². The van der Waals surface area contributed by atoms with Gasteiger partial charge in [0.2, 0.25) is 5.96 Å². The maximum Gasteiger partial charge on any atom is 0.208 e. The fourth-order valence-corrected chi connectivity index (χ4v) is 2.32. The normalized spacial score (nSPS) is 13.2. The van der Waals surface area contributed by atoms with E-state index >= 15 is 0 Å². The second-order valence-electron chi connectivity index (χ2n) is 4.01. The smallest absolute Gasteiger partial charge is 0.208 e. The molecule has 1 aromatic carbocycles. The Kier molecular flexibility index (Phi) is 3.33. The van der Waals surface area contributed by atoms with Crippen molar-refractivity contribution in [2.45, 2.75) is 11.4 Å². The van der Waals surface area contributed by atoms with Crippen molar-refractivity contribution in [3.05, 3.63) is 54.1 Å². The van der Waals surface area contributed by atoms with Crippen LogP contribution in [0.4, 0.5) is 10.1 Å². The standard InChI is InChI=1S/C13H11FN4S/c14-10-1-2-12-11(7-10)17-13(18-19-12)16-8-9-3-5-15-6-4-9/h1-7H,8H2,(H2,16,17,18). The first-order valence-corrected chi connectivity index (χ1v) is 6.53. The van der Waals surface area contributed by atoms with Crippen LogP contribution in [0.25, 0.3) is 0 Å². The molecule has 1 aromatic heterocycles. The number of anilines is 1. The number of pyridine rings is 1. The summed E-state index contributed by atoms with van der Waals surface area (Å²) in [5.74, 6) is 0.363. The van der Waals surface area contributed by atoms with Gasteiger partial charge in [-0.2, -0.15) is 4.40 Å². The molecule has 0 saturated carbocycles. The first-order chi connectivity index (χ1) is 9.31. The van der Waals surface area contributed by atoms with Gasteiger partial charge in [-0.25, -0.2) is 4.39 Å². The van der Waals surface area contributed by atoms with E-state index in [1.165, 1.54) is 24.1 Å². The highest BCUT2D eigenvalue weighted by atomic mass is 32.2. The predicted molar refractivity (Wildman–Crippen MR) is 74.4 cm³/mol. The third-order valence-electron chi connectivity index (χ3n) is 2.64. The molecule has 2 aromatic rings. The van der Waals surface area contributed by atoms with Crippen molar-refractivity contribution in [2.75, 3.05) is 5.32 Å².